The molecule has 1 saturated heterocycles. The van der Waals surface area contributed by atoms with E-state index in [0.717, 1.165) is 18.8 Å². The second kappa shape index (κ2) is 6.79. The fraction of sp³-hybridized carbons (Fsp3) is 0.333. The molecule has 5 heteroatoms. The third-order valence-electron chi connectivity index (χ3n) is 3.99. The molecule has 5 nitrogen and oxygen atoms in total. The molecule has 2 heterocycles. The maximum atomic E-state index is 12.4. The van der Waals surface area contributed by atoms with Gasteiger partial charge in [0.2, 0.25) is 5.91 Å². The van der Waals surface area contributed by atoms with Gasteiger partial charge >= 0.3 is 0 Å². The fourth-order valence-electron chi connectivity index (χ4n) is 2.91. The standard InChI is InChI=1S/C18H22N4O/c1-15(10-16-6-4-3-5-7-16)12-21-8-9-22(18(23)14-21)17-11-19-20(2)13-17/h3-7,10-11,13H,8-9,12,14H2,1-2H3/b15-10+. The van der Waals surface area contributed by atoms with Gasteiger partial charge < -0.3 is 4.90 Å². The zero-order valence-electron chi connectivity index (χ0n) is 13.6. The second-order valence-corrected chi connectivity index (χ2v) is 6.03. The molecule has 1 amide bonds. The third kappa shape index (κ3) is 3.87. The molecule has 0 unspecified atom stereocenters. The molecule has 0 N–H and O–H groups in total. The Bertz CT molecular complexity index is 705. The Labute approximate surface area is 136 Å². The normalized spacial score (nSPS) is 16.9. The Morgan fingerprint density at radius 3 is 2.70 bits per heavy atom. The number of aromatic nitrogens is 2. The summed E-state index contributed by atoms with van der Waals surface area (Å²) in [5, 5.41) is 4.14. The molecule has 1 aliphatic heterocycles. The van der Waals surface area contributed by atoms with Gasteiger partial charge in [0.05, 0.1) is 18.4 Å². The van der Waals surface area contributed by atoms with Crippen LogP contribution in [0.3, 0.4) is 0 Å². The summed E-state index contributed by atoms with van der Waals surface area (Å²) in [6.45, 7) is 4.98. The van der Waals surface area contributed by atoms with Crippen LogP contribution in [-0.2, 0) is 11.8 Å². The van der Waals surface area contributed by atoms with Crippen molar-refractivity contribution in [2.24, 2.45) is 7.05 Å². The molecular formula is C18H22N4O. The molecule has 0 spiro atoms. The molecule has 0 aliphatic carbocycles. The molecule has 1 aromatic heterocycles. The van der Waals surface area contributed by atoms with Crippen LogP contribution < -0.4 is 4.90 Å². The van der Waals surface area contributed by atoms with Crippen LogP contribution in [0.1, 0.15) is 12.5 Å². The number of rotatable bonds is 4. The lowest BCUT2D eigenvalue weighted by molar-refractivity contribution is -0.121. The highest BCUT2D eigenvalue weighted by Crippen LogP contribution is 2.17. The second-order valence-electron chi connectivity index (χ2n) is 6.03. The first-order valence-electron chi connectivity index (χ1n) is 7.85. The fourth-order valence-corrected chi connectivity index (χ4v) is 2.91. The number of piperazine rings is 1. The number of benzene rings is 1. The number of aryl methyl sites for hydroxylation is 1. The molecule has 3 rings (SSSR count). The number of carbonyl (C=O) groups excluding carboxylic acids is 1. The monoisotopic (exact) mass is 310 g/mol. The van der Waals surface area contributed by atoms with Gasteiger partial charge in [-0.3, -0.25) is 14.4 Å². The largest absolute Gasteiger partial charge is 0.307 e. The SMILES string of the molecule is C/C(=C\c1ccccc1)CN1CCN(c2cnn(C)c2)C(=O)C1. The van der Waals surface area contributed by atoms with Gasteiger partial charge in [0.1, 0.15) is 0 Å². The summed E-state index contributed by atoms with van der Waals surface area (Å²) in [5.74, 6) is 0.136. The van der Waals surface area contributed by atoms with Crippen molar-refractivity contribution in [2.75, 3.05) is 31.1 Å². The minimum absolute atomic E-state index is 0.136. The predicted octanol–water partition coefficient (Wildman–Crippen LogP) is 2.17. The van der Waals surface area contributed by atoms with Crippen LogP contribution in [0.25, 0.3) is 6.08 Å². The summed E-state index contributed by atoms with van der Waals surface area (Å²) in [6.07, 6.45) is 5.81. The first-order chi connectivity index (χ1) is 11.1. The smallest absolute Gasteiger partial charge is 0.241 e. The highest BCUT2D eigenvalue weighted by molar-refractivity contribution is 5.95. The minimum atomic E-state index is 0.136. The molecule has 1 aliphatic rings. The van der Waals surface area contributed by atoms with Crippen LogP contribution >= 0.6 is 0 Å². The highest BCUT2D eigenvalue weighted by atomic mass is 16.2. The van der Waals surface area contributed by atoms with Gasteiger partial charge in [-0.2, -0.15) is 5.10 Å². The third-order valence-corrected chi connectivity index (χ3v) is 3.99. The Hall–Kier alpha value is -2.40. The maximum Gasteiger partial charge on any atom is 0.241 e. The van der Waals surface area contributed by atoms with E-state index < -0.39 is 0 Å². The van der Waals surface area contributed by atoms with Gasteiger partial charge in [0.15, 0.2) is 0 Å². The Morgan fingerprint density at radius 1 is 1.26 bits per heavy atom. The lowest BCUT2D eigenvalue weighted by Crippen LogP contribution is -2.50. The van der Waals surface area contributed by atoms with Crippen molar-refractivity contribution in [2.45, 2.75) is 6.92 Å². The van der Waals surface area contributed by atoms with Gasteiger partial charge in [-0.05, 0) is 12.5 Å². The van der Waals surface area contributed by atoms with E-state index in [0.29, 0.717) is 13.1 Å². The summed E-state index contributed by atoms with van der Waals surface area (Å²) in [5.41, 5.74) is 3.35. The topological polar surface area (TPSA) is 41.4 Å². The Kier molecular flexibility index (Phi) is 4.57. The van der Waals surface area contributed by atoms with Crippen LogP contribution in [-0.4, -0.2) is 46.8 Å². The van der Waals surface area contributed by atoms with Gasteiger partial charge in [-0.15, -0.1) is 0 Å². The molecule has 1 fully saturated rings. The van der Waals surface area contributed by atoms with Gasteiger partial charge in [0, 0.05) is 32.9 Å². The quantitative estimate of drug-likeness (QED) is 0.869. The van der Waals surface area contributed by atoms with Gasteiger partial charge in [-0.1, -0.05) is 42.0 Å². The van der Waals surface area contributed by atoms with Crippen molar-refractivity contribution in [3.05, 3.63) is 53.9 Å². The molecule has 0 saturated carbocycles. The van der Waals surface area contributed by atoms with Crippen molar-refractivity contribution in [1.29, 1.82) is 0 Å². The molecular weight excluding hydrogens is 288 g/mol. The van der Waals surface area contributed by atoms with Crippen molar-refractivity contribution < 1.29 is 4.79 Å². The first kappa shape index (κ1) is 15.5. The summed E-state index contributed by atoms with van der Waals surface area (Å²) in [7, 11) is 1.86. The van der Waals surface area contributed by atoms with E-state index in [2.05, 4.69) is 35.1 Å². The van der Waals surface area contributed by atoms with Crippen molar-refractivity contribution in [1.82, 2.24) is 14.7 Å². The number of hydrogen-bond donors (Lipinski definition) is 0. The zero-order valence-corrected chi connectivity index (χ0v) is 13.6. The highest BCUT2D eigenvalue weighted by Gasteiger charge is 2.25. The summed E-state index contributed by atoms with van der Waals surface area (Å²) < 4.78 is 1.72. The molecule has 23 heavy (non-hydrogen) atoms. The van der Waals surface area contributed by atoms with Gasteiger partial charge in [-0.25, -0.2) is 0 Å². The summed E-state index contributed by atoms with van der Waals surface area (Å²) in [4.78, 5) is 16.4. The molecule has 120 valence electrons. The number of carbonyl (C=O) groups is 1. The van der Waals surface area contributed by atoms with Crippen LogP contribution in [0.15, 0.2) is 48.3 Å². The molecule has 2 aromatic rings. The van der Waals surface area contributed by atoms with E-state index in [1.165, 1.54) is 11.1 Å². The van der Waals surface area contributed by atoms with E-state index in [1.807, 2.05) is 36.3 Å². The number of hydrogen-bond acceptors (Lipinski definition) is 3. The minimum Gasteiger partial charge on any atom is -0.307 e. The van der Waals surface area contributed by atoms with E-state index in [4.69, 9.17) is 0 Å². The van der Waals surface area contributed by atoms with Gasteiger partial charge in [0.25, 0.3) is 0 Å². The van der Waals surface area contributed by atoms with Crippen molar-refractivity contribution in [3.63, 3.8) is 0 Å². The predicted molar refractivity (Wildman–Crippen MR) is 92.1 cm³/mol. The van der Waals surface area contributed by atoms with Crippen LogP contribution in [0.2, 0.25) is 0 Å². The van der Waals surface area contributed by atoms with E-state index in [-0.39, 0.29) is 5.91 Å². The zero-order chi connectivity index (χ0) is 16.2. The number of anilines is 1. The van der Waals surface area contributed by atoms with Crippen LogP contribution in [0, 0.1) is 0 Å². The van der Waals surface area contributed by atoms with E-state index >= 15 is 0 Å². The van der Waals surface area contributed by atoms with Crippen LogP contribution in [0.5, 0.6) is 0 Å². The summed E-state index contributed by atoms with van der Waals surface area (Å²) >= 11 is 0. The number of amides is 1. The van der Waals surface area contributed by atoms with E-state index in [1.54, 1.807) is 10.9 Å². The average molecular weight is 310 g/mol. The lowest BCUT2D eigenvalue weighted by atomic mass is 10.1. The Balaban J connectivity index is 1.60. The van der Waals surface area contributed by atoms with Crippen molar-refractivity contribution >= 4 is 17.7 Å². The first-order valence-corrected chi connectivity index (χ1v) is 7.85. The maximum absolute atomic E-state index is 12.4. The molecule has 0 atom stereocenters. The average Bonchev–Trinajstić information content (AvgIpc) is 2.94. The van der Waals surface area contributed by atoms with Crippen molar-refractivity contribution in [3.8, 4) is 0 Å². The molecule has 1 aromatic carbocycles. The number of nitrogens with zero attached hydrogens (tertiary/aromatic N) is 4. The lowest BCUT2D eigenvalue weighted by Gasteiger charge is -2.33. The molecule has 0 bridgehead atoms. The van der Waals surface area contributed by atoms with E-state index in [9.17, 15) is 4.79 Å². The molecule has 0 radical (unpaired) electrons. The Morgan fingerprint density at radius 2 is 2.04 bits per heavy atom. The summed E-state index contributed by atoms with van der Waals surface area (Å²) in [6, 6.07) is 10.3. The van der Waals surface area contributed by atoms with Crippen LogP contribution in [0.4, 0.5) is 5.69 Å².